The highest BCUT2D eigenvalue weighted by atomic mass is 32.2. The van der Waals surface area contributed by atoms with Crippen molar-refractivity contribution in [1.29, 1.82) is 0 Å². The first-order valence-electron chi connectivity index (χ1n) is 7.17. The number of aromatic nitrogens is 2. The highest BCUT2D eigenvalue weighted by Crippen LogP contribution is 2.44. The van der Waals surface area contributed by atoms with Crippen LogP contribution in [0.3, 0.4) is 0 Å². The zero-order valence-corrected chi connectivity index (χ0v) is 12.8. The predicted molar refractivity (Wildman–Crippen MR) is 75.7 cm³/mol. The molecule has 6 nitrogen and oxygen atoms in total. The molecule has 7 heteroatoms. The summed E-state index contributed by atoms with van der Waals surface area (Å²) in [6.07, 6.45) is 4.52. The Labute approximate surface area is 119 Å². The Kier molecular flexibility index (Phi) is 3.38. The molecule has 112 valence electrons. The molecule has 1 aromatic rings. The van der Waals surface area contributed by atoms with Crippen molar-refractivity contribution in [3.05, 3.63) is 11.4 Å². The van der Waals surface area contributed by atoms with Crippen LogP contribution in [-0.2, 0) is 16.6 Å². The molecule has 2 saturated carbocycles. The van der Waals surface area contributed by atoms with Crippen molar-refractivity contribution in [2.45, 2.75) is 57.0 Å². The molecule has 2 aliphatic carbocycles. The van der Waals surface area contributed by atoms with Crippen LogP contribution in [0.1, 0.15) is 44.0 Å². The number of hydrogen-bond acceptors (Lipinski definition) is 4. The fourth-order valence-electron chi connectivity index (χ4n) is 2.21. The van der Waals surface area contributed by atoms with E-state index in [0.29, 0.717) is 35.4 Å². The van der Waals surface area contributed by atoms with Crippen molar-refractivity contribution in [3.63, 3.8) is 0 Å². The van der Waals surface area contributed by atoms with Gasteiger partial charge < -0.3 is 5.32 Å². The van der Waals surface area contributed by atoms with Crippen LogP contribution in [0.15, 0.2) is 4.90 Å². The molecule has 2 aliphatic rings. The summed E-state index contributed by atoms with van der Waals surface area (Å²) >= 11 is 0. The minimum absolute atomic E-state index is 0.150. The standard InChI is InChI=1S/C13H22N4O2S/c1-9-12(11(17-16-9)7-14-10-3-4-10)20(18,19)15-8-13(2)5-6-13/h10,14-15H,3-8H2,1-2H3,(H,16,17). The number of nitrogens with one attached hydrogen (secondary N) is 3. The number of rotatable bonds is 7. The molecule has 0 bridgehead atoms. The van der Waals surface area contributed by atoms with E-state index >= 15 is 0 Å². The molecule has 0 aromatic carbocycles. The fourth-order valence-corrected chi connectivity index (χ4v) is 3.77. The highest BCUT2D eigenvalue weighted by Gasteiger charge is 2.38. The maximum absolute atomic E-state index is 12.5. The van der Waals surface area contributed by atoms with E-state index in [9.17, 15) is 8.42 Å². The van der Waals surface area contributed by atoms with Gasteiger partial charge in [-0.2, -0.15) is 5.10 Å². The van der Waals surface area contributed by atoms with Gasteiger partial charge in [-0.25, -0.2) is 13.1 Å². The van der Waals surface area contributed by atoms with E-state index < -0.39 is 10.0 Å². The van der Waals surface area contributed by atoms with Crippen LogP contribution in [0.25, 0.3) is 0 Å². The Morgan fingerprint density at radius 2 is 2.10 bits per heavy atom. The Morgan fingerprint density at radius 3 is 2.70 bits per heavy atom. The average Bonchev–Trinajstić information content (AvgIpc) is 3.29. The first-order chi connectivity index (χ1) is 9.40. The molecule has 0 aliphatic heterocycles. The second-order valence-electron chi connectivity index (χ2n) is 6.41. The van der Waals surface area contributed by atoms with Gasteiger partial charge in [-0.3, -0.25) is 5.10 Å². The van der Waals surface area contributed by atoms with Gasteiger partial charge in [-0.15, -0.1) is 0 Å². The van der Waals surface area contributed by atoms with E-state index in [2.05, 4.69) is 27.2 Å². The lowest BCUT2D eigenvalue weighted by atomic mass is 10.2. The average molecular weight is 298 g/mol. The summed E-state index contributed by atoms with van der Waals surface area (Å²) in [5.41, 5.74) is 1.34. The van der Waals surface area contributed by atoms with Crippen molar-refractivity contribution in [2.75, 3.05) is 6.54 Å². The topological polar surface area (TPSA) is 86.9 Å². The van der Waals surface area contributed by atoms with Crippen LogP contribution in [-0.4, -0.2) is 31.2 Å². The molecule has 3 rings (SSSR count). The lowest BCUT2D eigenvalue weighted by molar-refractivity contribution is 0.529. The van der Waals surface area contributed by atoms with Crippen LogP contribution in [0.5, 0.6) is 0 Å². The number of aromatic amines is 1. The molecular weight excluding hydrogens is 276 g/mol. The van der Waals surface area contributed by atoms with E-state index in [1.807, 2.05) is 0 Å². The second kappa shape index (κ2) is 4.82. The van der Waals surface area contributed by atoms with Gasteiger partial charge in [0.25, 0.3) is 0 Å². The van der Waals surface area contributed by atoms with Crippen molar-refractivity contribution in [2.24, 2.45) is 5.41 Å². The lowest BCUT2D eigenvalue weighted by Gasteiger charge is -2.11. The molecule has 0 atom stereocenters. The number of hydrogen-bond donors (Lipinski definition) is 3. The Hall–Kier alpha value is -0.920. The van der Waals surface area contributed by atoms with Gasteiger partial charge in [-0.05, 0) is 38.0 Å². The van der Waals surface area contributed by atoms with Gasteiger partial charge in [0.1, 0.15) is 4.90 Å². The van der Waals surface area contributed by atoms with E-state index in [0.717, 1.165) is 12.8 Å². The van der Waals surface area contributed by atoms with Crippen molar-refractivity contribution >= 4 is 10.0 Å². The van der Waals surface area contributed by atoms with Gasteiger partial charge in [0.15, 0.2) is 0 Å². The van der Waals surface area contributed by atoms with Gasteiger partial charge >= 0.3 is 0 Å². The summed E-state index contributed by atoms with van der Waals surface area (Å²) in [6, 6.07) is 0.529. The normalized spacial score (nSPS) is 21.1. The van der Waals surface area contributed by atoms with Gasteiger partial charge in [0.2, 0.25) is 10.0 Å². The lowest BCUT2D eigenvalue weighted by Crippen LogP contribution is -2.30. The number of sulfonamides is 1. The molecule has 0 radical (unpaired) electrons. The third kappa shape index (κ3) is 3.05. The second-order valence-corrected chi connectivity index (χ2v) is 8.12. The van der Waals surface area contributed by atoms with Gasteiger partial charge in [0.05, 0.1) is 11.4 Å². The largest absolute Gasteiger partial charge is 0.308 e. The van der Waals surface area contributed by atoms with Crippen LogP contribution >= 0.6 is 0 Å². The zero-order chi connectivity index (χ0) is 14.4. The first kappa shape index (κ1) is 14.0. The fraction of sp³-hybridized carbons (Fsp3) is 0.769. The van der Waals surface area contributed by atoms with E-state index in [-0.39, 0.29) is 5.41 Å². The monoisotopic (exact) mass is 298 g/mol. The molecule has 2 fully saturated rings. The summed E-state index contributed by atoms with van der Waals surface area (Å²) in [6.45, 7) is 4.87. The first-order valence-corrected chi connectivity index (χ1v) is 8.65. The van der Waals surface area contributed by atoms with Crippen molar-refractivity contribution < 1.29 is 8.42 Å². The quantitative estimate of drug-likeness (QED) is 0.702. The molecule has 0 spiro atoms. The van der Waals surface area contributed by atoms with Gasteiger partial charge in [-0.1, -0.05) is 6.92 Å². The van der Waals surface area contributed by atoms with Crippen molar-refractivity contribution in [1.82, 2.24) is 20.2 Å². The molecule has 1 heterocycles. The third-order valence-corrected chi connectivity index (χ3v) is 5.76. The van der Waals surface area contributed by atoms with E-state index in [1.165, 1.54) is 12.8 Å². The smallest absolute Gasteiger partial charge is 0.244 e. The zero-order valence-electron chi connectivity index (χ0n) is 12.0. The Morgan fingerprint density at radius 1 is 1.40 bits per heavy atom. The molecule has 1 aromatic heterocycles. The van der Waals surface area contributed by atoms with Crippen molar-refractivity contribution in [3.8, 4) is 0 Å². The van der Waals surface area contributed by atoms with E-state index in [4.69, 9.17) is 0 Å². The summed E-state index contributed by atoms with van der Waals surface area (Å²) < 4.78 is 27.7. The third-order valence-electron chi connectivity index (χ3n) is 4.16. The summed E-state index contributed by atoms with van der Waals surface area (Å²) in [5.74, 6) is 0. The molecular formula is C13H22N4O2S. The van der Waals surface area contributed by atoms with Crippen LogP contribution in [0.4, 0.5) is 0 Å². The number of aryl methyl sites for hydroxylation is 1. The summed E-state index contributed by atoms with van der Waals surface area (Å²) in [4.78, 5) is 0.315. The maximum Gasteiger partial charge on any atom is 0.244 e. The molecule has 0 unspecified atom stereocenters. The molecule has 0 amide bonds. The minimum atomic E-state index is -3.48. The maximum atomic E-state index is 12.5. The minimum Gasteiger partial charge on any atom is -0.308 e. The summed E-state index contributed by atoms with van der Waals surface area (Å²) in [7, 11) is -3.48. The molecule has 20 heavy (non-hydrogen) atoms. The van der Waals surface area contributed by atoms with Crippen LogP contribution in [0, 0.1) is 12.3 Å². The Bertz CT molecular complexity index is 600. The van der Waals surface area contributed by atoms with Crippen LogP contribution < -0.4 is 10.0 Å². The van der Waals surface area contributed by atoms with Crippen LogP contribution in [0.2, 0.25) is 0 Å². The SMILES string of the molecule is Cc1[nH]nc(CNC2CC2)c1S(=O)(=O)NCC1(C)CC1. The summed E-state index contributed by atoms with van der Waals surface area (Å²) in [5, 5.41) is 10.2. The van der Waals surface area contributed by atoms with Gasteiger partial charge in [0, 0.05) is 19.1 Å². The molecule has 3 N–H and O–H groups in total. The molecule has 0 saturated heterocycles. The highest BCUT2D eigenvalue weighted by molar-refractivity contribution is 7.89. The Balaban J connectivity index is 1.74. The number of nitrogens with zero attached hydrogens (tertiary/aromatic N) is 1. The van der Waals surface area contributed by atoms with E-state index in [1.54, 1.807) is 6.92 Å². The number of H-pyrrole nitrogens is 1. The predicted octanol–water partition coefficient (Wildman–Crippen LogP) is 1.05.